The van der Waals surface area contributed by atoms with Crippen LogP contribution in [0.25, 0.3) is 0 Å². The quantitative estimate of drug-likeness (QED) is 0.746. The van der Waals surface area contributed by atoms with E-state index in [2.05, 4.69) is 83.3 Å². The van der Waals surface area contributed by atoms with Gasteiger partial charge < -0.3 is 10.1 Å². The third kappa shape index (κ3) is 4.95. The summed E-state index contributed by atoms with van der Waals surface area (Å²) in [6.45, 7) is 12.9. The van der Waals surface area contributed by atoms with E-state index in [1.165, 1.54) is 16.7 Å². The van der Waals surface area contributed by atoms with Crippen LogP contribution >= 0.6 is 0 Å². The average molecular weight is 380 g/mol. The Labute approximate surface area is 169 Å². The molecule has 0 unspecified atom stereocenters. The number of carbonyl (C=O) groups is 1. The number of benzene rings is 2. The van der Waals surface area contributed by atoms with E-state index >= 15 is 0 Å². The molecule has 0 aliphatic carbocycles. The summed E-state index contributed by atoms with van der Waals surface area (Å²) in [5, 5.41) is 3.24. The largest absolute Gasteiger partial charge is 0.487 e. The molecule has 0 radical (unpaired) electrons. The Bertz CT molecular complexity index is 844. The normalized spacial score (nSPS) is 18.1. The number of amides is 1. The zero-order valence-corrected chi connectivity index (χ0v) is 18.1. The van der Waals surface area contributed by atoms with E-state index in [-0.39, 0.29) is 23.0 Å². The van der Waals surface area contributed by atoms with Crippen LogP contribution in [-0.2, 0) is 16.6 Å². The lowest BCUT2D eigenvalue weighted by atomic mass is 9.86. The Hall–Kier alpha value is -2.29. The standard InChI is InChI=1S/C25H33NO2/c1-17-7-13-22-20(15-17)21(16-25(5,6)28-22)26-23(27)14-10-18-8-11-19(12-9-18)24(2,3)4/h7-9,11-13,15,21H,10,14,16H2,1-6H3,(H,26,27)/t21-/m1/s1. The van der Waals surface area contributed by atoms with Gasteiger partial charge in [0, 0.05) is 18.4 Å². The van der Waals surface area contributed by atoms with Gasteiger partial charge in [-0.3, -0.25) is 4.79 Å². The molecule has 1 aliphatic rings. The lowest BCUT2D eigenvalue weighted by Gasteiger charge is -2.38. The molecular weight excluding hydrogens is 346 g/mol. The second-order valence-corrected chi connectivity index (χ2v) is 9.67. The van der Waals surface area contributed by atoms with Gasteiger partial charge in [0.05, 0.1) is 6.04 Å². The van der Waals surface area contributed by atoms with Crippen molar-refractivity contribution in [2.24, 2.45) is 0 Å². The van der Waals surface area contributed by atoms with Crippen molar-refractivity contribution < 1.29 is 9.53 Å². The summed E-state index contributed by atoms with van der Waals surface area (Å²) in [5.41, 5.74) is 4.64. The molecule has 1 aliphatic heterocycles. The number of nitrogens with one attached hydrogen (secondary N) is 1. The Kier molecular flexibility index (Phi) is 5.56. The lowest BCUT2D eigenvalue weighted by Crippen LogP contribution is -2.41. The predicted octanol–water partition coefficient (Wildman–Crippen LogP) is 5.64. The first-order chi connectivity index (χ1) is 13.0. The highest BCUT2D eigenvalue weighted by molar-refractivity contribution is 5.77. The highest BCUT2D eigenvalue weighted by Crippen LogP contribution is 2.39. The van der Waals surface area contributed by atoms with Crippen LogP contribution in [-0.4, -0.2) is 11.5 Å². The first-order valence-corrected chi connectivity index (χ1v) is 10.2. The molecule has 2 aromatic carbocycles. The van der Waals surface area contributed by atoms with Crippen molar-refractivity contribution in [1.82, 2.24) is 5.32 Å². The number of aryl methyl sites for hydroxylation is 2. The molecule has 1 heterocycles. The molecule has 150 valence electrons. The molecule has 2 aromatic rings. The van der Waals surface area contributed by atoms with Crippen LogP contribution in [0.3, 0.4) is 0 Å². The predicted molar refractivity (Wildman–Crippen MR) is 115 cm³/mol. The van der Waals surface area contributed by atoms with Crippen LogP contribution in [0.2, 0.25) is 0 Å². The third-order valence-corrected chi connectivity index (χ3v) is 5.42. The molecule has 1 N–H and O–H groups in total. The van der Waals surface area contributed by atoms with Gasteiger partial charge in [0.2, 0.25) is 5.91 Å². The molecule has 0 saturated carbocycles. The highest BCUT2D eigenvalue weighted by Gasteiger charge is 2.34. The lowest BCUT2D eigenvalue weighted by molar-refractivity contribution is -0.122. The van der Waals surface area contributed by atoms with Crippen LogP contribution in [0.15, 0.2) is 42.5 Å². The number of hydrogen-bond donors (Lipinski definition) is 1. The number of ether oxygens (including phenoxy) is 1. The number of hydrogen-bond acceptors (Lipinski definition) is 2. The minimum absolute atomic E-state index is 0.00517. The number of fused-ring (bicyclic) bond motifs is 1. The number of rotatable bonds is 4. The van der Waals surface area contributed by atoms with Gasteiger partial charge >= 0.3 is 0 Å². The summed E-state index contributed by atoms with van der Waals surface area (Å²) < 4.78 is 6.10. The van der Waals surface area contributed by atoms with Crippen molar-refractivity contribution >= 4 is 5.91 Å². The van der Waals surface area contributed by atoms with E-state index < -0.39 is 0 Å². The van der Waals surface area contributed by atoms with Gasteiger partial charge in [-0.1, -0.05) is 62.7 Å². The van der Waals surface area contributed by atoms with Crippen LogP contribution in [0.5, 0.6) is 5.75 Å². The summed E-state index contributed by atoms with van der Waals surface area (Å²) >= 11 is 0. The van der Waals surface area contributed by atoms with E-state index in [1.807, 2.05) is 6.07 Å². The number of carbonyl (C=O) groups excluding carboxylic acids is 1. The topological polar surface area (TPSA) is 38.3 Å². The molecule has 0 bridgehead atoms. The van der Waals surface area contributed by atoms with Gasteiger partial charge in [0.15, 0.2) is 0 Å². The van der Waals surface area contributed by atoms with Gasteiger partial charge in [-0.05, 0) is 49.8 Å². The zero-order chi connectivity index (χ0) is 20.5. The SMILES string of the molecule is Cc1ccc2c(c1)[C@H](NC(=O)CCc1ccc(C(C)(C)C)cc1)CC(C)(C)O2. The molecule has 28 heavy (non-hydrogen) atoms. The smallest absolute Gasteiger partial charge is 0.220 e. The van der Waals surface area contributed by atoms with Crippen LogP contribution in [0.4, 0.5) is 0 Å². The van der Waals surface area contributed by atoms with Crippen molar-refractivity contribution in [3.63, 3.8) is 0 Å². The van der Waals surface area contributed by atoms with Crippen molar-refractivity contribution in [2.45, 2.75) is 77.9 Å². The van der Waals surface area contributed by atoms with Crippen molar-refractivity contribution in [3.05, 3.63) is 64.7 Å². The summed E-state index contributed by atoms with van der Waals surface area (Å²) in [4.78, 5) is 12.7. The molecule has 3 rings (SSSR count). The fourth-order valence-corrected chi connectivity index (χ4v) is 3.80. The van der Waals surface area contributed by atoms with E-state index in [9.17, 15) is 4.79 Å². The van der Waals surface area contributed by atoms with Crippen LogP contribution < -0.4 is 10.1 Å². The summed E-state index contributed by atoms with van der Waals surface area (Å²) in [7, 11) is 0. The van der Waals surface area contributed by atoms with E-state index in [1.54, 1.807) is 0 Å². The summed E-state index contributed by atoms with van der Waals surface area (Å²) in [5.74, 6) is 0.972. The van der Waals surface area contributed by atoms with Crippen molar-refractivity contribution in [2.75, 3.05) is 0 Å². The van der Waals surface area contributed by atoms with Gasteiger partial charge in [-0.2, -0.15) is 0 Å². The molecule has 0 aromatic heterocycles. The molecule has 0 fully saturated rings. The monoisotopic (exact) mass is 379 g/mol. The van der Waals surface area contributed by atoms with Gasteiger partial charge in [-0.25, -0.2) is 0 Å². The molecule has 3 heteroatoms. The van der Waals surface area contributed by atoms with E-state index in [0.717, 1.165) is 24.2 Å². The second-order valence-electron chi connectivity index (χ2n) is 9.67. The Morgan fingerprint density at radius 2 is 1.82 bits per heavy atom. The molecular formula is C25H33NO2. The van der Waals surface area contributed by atoms with Crippen LogP contribution in [0.1, 0.15) is 75.8 Å². The third-order valence-electron chi connectivity index (χ3n) is 5.42. The Morgan fingerprint density at radius 1 is 1.14 bits per heavy atom. The minimum atomic E-state index is -0.289. The maximum absolute atomic E-state index is 12.7. The van der Waals surface area contributed by atoms with Crippen molar-refractivity contribution in [1.29, 1.82) is 0 Å². The summed E-state index contributed by atoms with van der Waals surface area (Å²) in [6.07, 6.45) is 2.02. The van der Waals surface area contributed by atoms with E-state index in [0.29, 0.717) is 6.42 Å². The van der Waals surface area contributed by atoms with Crippen molar-refractivity contribution in [3.8, 4) is 5.75 Å². The molecule has 0 spiro atoms. The summed E-state index contributed by atoms with van der Waals surface area (Å²) in [6, 6.07) is 14.8. The maximum Gasteiger partial charge on any atom is 0.220 e. The Balaban J connectivity index is 1.64. The average Bonchev–Trinajstić information content (AvgIpc) is 2.59. The fraction of sp³-hybridized carbons (Fsp3) is 0.480. The first kappa shape index (κ1) is 20.4. The first-order valence-electron chi connectivity index (χ1n) is 10.2. The molecule has 1 amide bonds. The van der Waals surface area contributed by atoms with Gasteiger partial charge in [0.1, 0.15) is 11.4 Å². The van der Waals surface area contributed by atoms with Gasteiger partial charge in [0.25, 0.3) is 0 Å². The van der Waals surface area contributed by atoms with Gasteiger partial charge in [-0.15, -0.1) is 0 Å². The minimum Gasteiger partial charge on any atom is -0.487 e. The molecule has 0 saturated heterocycles. The Morgan fingerprint density at radius 3 is 2.46 bits per heavy atom. The molecule has 3 nitrogen and oxygen atoms in total. The second kappa shape index (κ2) is 7.62. The highest BCUT2D eigenvalue weighted by atomic mass is 16.5. The fourth-order valence-electron chi connectivity index (χ4n) is 3.80. The van der Waals surface area contributed by atoms with E-state index in [4.69, 9.17) is 4.74 Å². The van der Waals surface area contributed by atoms with Crippen LogP contribution in [0, 0.1) is 6.92 Å². The maximum atomic E-state index is 12.7. The zero-order valence-electron chi connectivity index (χ0n) is 18.1. The molecule has 1 atom stereocenters.